The molecule has 0 aromatic heterocycles. The minimum absolute atomic E-state index is 0.123. The van der Waals surface area contributed by atoms with E-state index in [1.807, 2.05) is 19.1 Å². The van der Waals surface area contributed by atoms with Gasteiger partial charge in [0.15, 0.2) is 5.78 Å². The van der Waals surface area contributed by atoms with Crippen molar-refractivity contribution < 1.29 is 14.7 Å². The van der Waals surface area contributed by atoms with E-state index in [4.69, 9.17) is 0 Å². The molecule has 0 saturated heterocycles. The maximum atomic E-state index is 12.2. The normalized spacial score (nSPS) is 37.9. The Bertz CT molecular complexity index is 648. The molecule has 3 nitrogen and oxygen atoms in total. The minimum Gasteiger partial charge on any atom is -0.508 e. The van der Waals surface area contributed by atoms with Crippen molar-refractivity contribution in [2.45, 2.75) is 44.9 Å². The van der Waals surface area contributed by atoms with Gasteiger partial charge in [0, 0.05) is 11.8 Å². The van der Waals surface area contributed by atoms with E-state index in [9.17, 15) is 14.7 Å². The lowest BCUT2D eigenvalue weighted by atomic mass is 9.55. The molecule has 21 heavy (non-hydrogen) atoms. The van der Waals surface area contributed by atoms with Gasteiger partial charge in [-0.1, -0.05) is 13.0 Å². The topological polar surface area (TPSA) is 54.4 Å². The van der Waals surface area contributed by atoms with Gasteiger partial charge in [0.2, 0.25) is 5.78 Å². The molecule has 110 valence electrons. The van der Waals surface area contributed by atoms with Gasteiger partial charge in [-0.2, -0.15) is 0 Å². The molecule has 2 saturated carbocycles. The average Bonchev–Trinajstić information content (AvgIpc) is 2.70. The van der Waals surface area contributed by atoms with E-state index >= 15 is 0 Å². The van der Waals surface area contributed by atoms with Crippen molar-refractivity contribution in [2.75, 3.05) is 0 Å². The predicted octanol–water partition coefficient (Wildman–Crippen LogP) is 3.00. The van der Waals surface area contributed by atoms with Crippen LogP contribution in [0.5, 0.6) is 5.75 Å². The smallest absolute Gasteiger partial charge is 0.204 e. The van der Waals surface area contributed by atoms with Gasteiger partial charge in [0.25, 0.3) is 0 Å². The molecule has 2 fully saturated rings. The van der Waals surface area contributed by atoms with Gasteiger partial charge in [0.1, 0.15) is 5.75 Å². The summed E-state index contributed by atoms with van der Waals surface area (Å²) in [6, 6.07) is 5.69. The minimum atomic E-state index is -0.410. The number of aromatic hydroxyl groups is 1. The molecule has 1 aromatic rings. The van der Waals surface area contributed by atoms with Crippen molar-refractivity contribution in [1.82, 2.24) is 0 Å². The van der Waals surface area contributed by atoms with Crippen molar-refractivity contribution in [1.29, 1.82) is 0 Å². The van der Waals surface area contributed by atoms with Crippen molar-refractivity contribution in [3.8, 4) is 5.75 Å². The number of hydrogen-bond donors (Lipinski definition) is 1. The molecule has 0 aliphatic heterocycles. The highest BCUT2D eigenvalue weighted by atomic mass is 16.3. The van der Waals surface area contributed by atoms with Crippen LogP contribution < -0.4 is 0 Å². The third-order valence-electron chi connectivity index (χ3n) is 6.28. The SMILES string of the molecule is C[C@@]12CC[C@H]3c4ccc(O)cc4CC[C@@H]3[C@@H]1CC(=O)C2=O. The molecule has 1 aromatic carbocycles. The number of phenols is 1. The molecule has 0 heterocycles. The number of fused-ring (bicyclic) bond motifs is 5. The molecule has 3 heteroatoms. The Balaban J connectivity index is 1.74. The fraction of sp³-hybridized carbons (Fsp3) is 0.556. The van der Waals surface area contributed by atoms with Gasteiger partial charge >= 0.3 is 0 Å². The third-order valence-corrected chi connectivity index (χ3v) is 6.28. The number of benzene rings is 1. The molecule has 0 bridgehead atoms. The number of carbonyl (C=O) groups is 2. The van der Waals surface area contributed by atoms with Gasteiger partial charge in [-0.05, 0) is 66.7 Å². The quantitative estimate of drug-likeness (QED) is 0.745. The lowest BCUT2D eigenvalue weighted by Crippen LogP contribution is -2.42. The van der Waals surface area contributed by atoms with E-state index in [1.54, 1.807) is 6.07 Å². The fourth-order valence-corrected chi connectivity index (χ4v) is 5.16. The third kappa shape index (κ3) is 1.66. The van der Waals surface area contributed by atoms with Crippen LogP contribution in [-0.2, 0) is 16.0 Å². The van der Waals surface area contributed by atoms with Crippen molar-refractivity contribution >= 4 is 11.6 Å². The standard InChI is InChI=1S/C18H20O3/c1-18-7-6-13-12-5-3-11(19)8-10(12)2-4-14(13)15(18)9-16(20)17(18)21/h3,5,8,13-15,19H,2,4,6-7,9H2,1H3/t13-,14-,15-,18+/m0/s1. The first-order valence-corrected chi connectivity index (χ1v) is 7.90. The Morgan fingerprint density at radius 2 is 2.05 bits per heavy atom. The van der Waals surface area contributed by atoms with Gasteiger partial charge in [-0.3, -0.25) is 9.59 Å². The summed E-state index contributed by atoms with van der Waals surface area (Å²) in [5.41, 5.74) is 2.17. The molecular weight excluding hydrogens is 264 g/mol. The maximum Gasteiger partial charge on any atom is 0.204 e. The van der Waals surface area contributed by atoms with Crippen molar-refractivity contribution in [2.24, 2.45) is 17.3 Å². The van der Waals surface area contributed by atoms with Crippen LogP contribution in [0.15, 0.2) is 18.2 Å². The fourth-order valence-electron chi connectivity index (χ4n) is 5.16. The van der Waals surface area contributed by atoms with Crippen molar-refractivity contribution in [3.63, 3.8) is 0 Å². The zero-order valence-corrected chi connectivity index (χ0v) is 12.3. The lowest BCUT2D eigenvalue weighted by Gasteiger charge is -2.47. The number of hydrogen-bond acceptors (Lipinski definition) is 3. The maximum absolute atomic E-state index is 12.2. The van der Waals surface area contributed by atoms with Crippen LogP contribution in [0.4, 0.5) is 0 Å². The number of phenolic OH excluding ortho intramolecular Hbond substituents is 1. The molecule has 4 atom stereocenters. The van der Waals surface area contributed by atoms with Crippen molar-refractivity contribution in [3.05, 3.63) is 29.3 Å². The first-order valence-electron chi connectivity index (χ1n) is 7.90. The van der Waals surface area contributed by atoms with Crippen LogP contribution in [0.2, 0.25) is 0 Å². The van der Waals surface area contributed by atoms with Crippen LogP contribution in [-0.4, -0.2) is 16.7 Å². The first kappa shape index (κ1) is 13.1. The first-order chi connectivity index (χ1) is 10.0. The van der Waals surface area contributed by atoms with E-state index in [2.05, 4.69) is 0 Å². The number of aryl methyl sites for hydroxylation is 1. The summed E-state index contributed by atoms with van der Waals surface area (Å²) in [4.78, 5) is 24.2. The highest BCUT2D eigenvalue weighted by Gasteiger charge is 2.58. The van der Waals surface area contributed by atoms with Gasteiger partial charge in [-0.15, -0.1) is 0 Å². The number of ketones is 2. The summed E-state index contributed by atoms with van der Waals surface area (Å²) >= 11 is 0. The van der Waals surface area contributed by atoms with E-state index in [-0.39, 0.29) is 17.5 Å². The number of rotatable bonds is 0. The molecule has 3 aliphatic rings. The Kier molecular flexibility index (Phi) is 2.60. The van der Waals surface area contributed by atoms with E-state index in [0.29, 0.717) is 24.0 Å². The summed E-state index contributed by atoms with van der Waals surface area (Å²) in [6.07, 6.45) is 4.23. The highest BCUT2D eigenvalue weighted by molar-refractivity contribution is 6.41. The lowest BCUT2D eigenvalue weighted by molar-refractivity contribution is -0.139. The molecule has 0 spiro atoms. The number of carbonyl (C=O) groups excluding carboxylic acids is 2. The van der Waals surface area contributed by atoms with Gasteiger partial charge in [0.05, 0.1) is 0 Å². The van der Waals surface area contributed by atoms with E-state index < -0.39 is 5.41 Å². The summed E-state index contributed by atoms with van der Waals surface area (Å²) in [5.74, 6) is 1.17. The zero-order chi connectivity index (χ0) is 14.8. The largest absolute Gasteiger partial charge is 0.508 e. The summed E-state index contributed by atoms with van der Waals surface area (Å²) < 4.78 is 0. The van der Waals surface area contributed by atoms with Crippen LogP contribution >= 0.6 is 0 Å². The van der Waals surface area contributed by atoms with Gasteiger partial charge in [-0.25, -0.2) is 0 Å². The Morgan fingerprint density at radius 3 is 2.86 bits per heavy atom. The molecule has 0 unspecified atom stereocenters. The summed E-state index contributed by atoms with van der Waals surface area (Å²) in [7, 11) is 0. The molecule has 1 N–H and O–H groups in total. The summed E-state index contributed by atoms with van der Waals surface area (Å²) in [5, 5.41) is 9.66. The second-order valence-corrected chi connectivity index (χ2v) is 7.21. The molecule has 3 aliphatic carbocycles. The second-order valence-electron chi connectivity index (χ2n) is 7.21. The molecular formula is C18H20O3. The Labute approximate surface area is 124 Å². The molecule has 0 radical (unpaired) electrons. The number of Topliss-reactive ketones (excluding diaryl/α,β-unsaturated/α-hetero) is 2. The average molecular weight is 284 g/mol. The van der Waals surface area contributed by atoms with Crippen LogP contribution in [0.1, 0.15) is 49.7 Å². The molecule has 4 rings (SSSR count). The van der Waals surface area contributed by atoms with Gasteiger partial charge < -0.3 is 5.11 Å². The second kappa shape index (κ2) is 4.19. The highest BCUT2D eigenvalue weighted by Crippen LogP contribution is 2.58. The van der Waals surface area contributed by atoms with Crippen LogP contribution in [0, 0.1) is 17.3 Å². The molecule has 0 amide bonds. The monoisotopic (exact) mass is 284 g/mol. The van der Waals surface area contributed by atoms with Crippen LogP contribution in [0.3, 0.4) is 0 Å². The van der Waals surface area contributed by atoms with Crippen LogP contribution in [0.25, 0.3) is 0 Å². The Morgan fingerprint density at radius 1 is 1.24 bits per heavy atom. The van der Waals surface area contributed by atoms with E-state index in [0.717, 1.165) is 25.7 Å². The predicted molar refractivity (Wildman–Crippen MR) is 78.1 cm³/mol. The Hall–Kier alpha value is -1.64. The zero-order valence-electron chi connectivity index (χ0n) is 12.3. The summed E-state index contributed by atoms with van der Waals surface area (Å²) in [6.45, 7) is 2.01. The van der Waals surface area contributed by atoms with E-state index in [1.165, 1.54) is 11.1 Å².